The van der Waals surface area contributed by atoms with Gasteiger partial charge in [-0.2, -0.15) is 15.8 Å². The molecule has 8 nitrogen and oxygen atoms in total. The number of ether oxygens (including phenoxy) is 1. The number of benzene rings is 1. The Bertz CT molecular complexity index is 1090. The topological polar surface area (TPSA) is 153 Å². The van der Waals surface area contributed by atoms with Crippen LogP contribution in [0.15, 0.2) is 47.2 Å². The summed E-state index contributed by atoms with van der Waals surface area (Å²) in [7, 11) is 0. The highest BCUT2D eigenvalue weighted by Crippen LogP contribution is 2.59. The molecule has 0 saturated heterocycles. The van der Waals surface area contributed by atoms with Gasteiger partial charge in [-0.25, -0.2) is 0 Å². The van der Waals surface area contributed by atoms with Crippen LogP contribution in [0.5, 0.6) is 5.75 Å². The lowest BCUT2D eigenvalue weighted by atomic mass is 9.52. The lowest BCUT2D eigenvalue weighted by molar-refractivity contribution is -0.119. The van der Waals surface area contributed by atoms with Gasteiger partial charge in [0.05, 0.1) is 29.5 Å². The Labute approximate surface area is 188 Å². The number of hydrogen-bond donors (Lipinski definition) is 2. The van der Waals surface area contributed by atoms with Crippen molar-refractivity contribution in [3.05, 3.63) is 52.7 Å². The molecule has 0 unspecified atom stereocenters. The number of nitrogens with two attached hydrogens (primary N) is 2. The number of carbonyl (C=O) groups excluding carboxylic acids is 1. The molecule has 1 heterocycles. The number of nitrogens with zero attached hydrogens (tertiary/aromatic N) is 4. The number of fused-ring (bicyclic) bond motifs is 1. The van der Waals surface area contributed by atoms with Crippen molar-refractivity contribution < 1.29 is 9.53 Å². The average molecular weight is 431 g/mol. The first-order chi connectivity index (χ1) is 15.3. The fraction of sp³-hybridized carbons (Fsp3) is 0.417. The van der Waals surface area contributed by atoms with Crippen molar-refractivity contribution >= 4 is 5.91 Å². The van der Waals surface area contributed by atoms with Gasteiger partial charge in [0.25, 0.3) is 5.91 Å². The van der Waals surface area contributed by atoms with Crippen LogP contribution in [-0.4, -0.2) is 37.0 Å². The van der Waals surface area contributed by atoms with Gasteiger partial charge in [0, 0.05) is 24.4 Å². The predicted molar refractivity (Wildman–Crippen MR) is 117 cm³/mol. The van der Waals surface area contributed by atoms with Gasteiger partial charge in [0.15, 0.2) is 6.61 Å². The Balaban J connectivity index is 2.18. The van der Waals surface area contributed by atoms with Crippen LogP contribution in [0.3, 0.4) is 0 Å². The molecule has 3 rings (SSSR count). The van der Waals surface area contributed by atoms with Crippen LogP contribution in [0, 0.1) is 44.8 Å². The van der Waals surface area contributed by atoms with E-state index in [2.05, 4.69) is 30.0 Å². The summed E-state index contributed by atoms with van der Waals surface area (Å²) in [5.41, 5.74) is 10.8. The molecule has 0 saturated carbocycles. The van der Waals surface area contributed by atoms with Crippen molar-refractivity contribution in [2.75, 3.05) is 26.2 Å². The van der Waals surface area contributed by atoms with Gasteiger partial charge in [-0.3, -0.25) is 9.69 Å². The van der Waals surface area contributed by atoms with Gasteiger partial charge >= 0.3 is 0 Å². The SMILES string of the molecule is CCCN1CC=C2C(C#N)(C#N)C(N)=C(C#N)[C@@H](c3ccc(OCC(N)=O)cc3)[C@@]2(C)C1. The maximum atomic E-state index is 11.0. The van der Waals surface area contributed by atoms with Gasteiger partial charge in [-0.1, -0.05) is 32.1 Å². The number of hydrogen-bond acceptors (Lipinski definition) is 7. The molecule has 0 radical (unpaired) electrons. The van der Waals surface area contributed by atoms with Crippen molar-refractivity contribution in [2.45, 2.75) is 26.2 Å². The smallest absolute Gasteiger partial charge is 0.255 e. The molecule has 1 aliphatic carbocycles. The Morgan fingerprint density at radius 2 is 1.91 bits per heavy atom. The number of rotatable bonds is 6. The van der Waals surface area contributed by atoms with Gasteiger partial charge in [-0.15, -0.1) is 0 Å². The molecule has 2 aliphatic rings. The van der Waals surface area contributed by atoms with Crippen molar-refractivity contribution in [2.24, 2.45) is 22.3 Å². The van der Waals surface area contributed by atoms with Gasteiger partial charge in [0.2, 0.25) is 5.41 Å². The Morgan fingerprint density at radius 1 is 1.25 bits per heavy atom. The summed E-state index contributed by atoms with van der Waals surface area (Å²) in [6.45, 7) is 5.92. The third-order valence-corrected chi connectivity index (χ3v) is 6.34. The molecule has 0 spiro atoms. The minimum atomic E-state index is -1.67. The first-order valence-corrected chi connectivity index (χ1v) is 10.4. The van der Waals surface area contributed by atoms with E-state index in [1.807, 2.05) is 25.1 Å². The van der Waals surface area contributed by atoms with Crippen molar-refractivity contribution in [1.82, 2.24) is 4.90 Å². The molecule has 0 bridgehead atoms. The molecule has 1 aromatic rings. The van der Waals surface area contributed by atoms with E-state index in [1.165, 1.54) is 0 Å². The summed E-state index contributed by atoms with van der Waals surface area (Å²) in [6.07, 6.45) is 2.89. The van der Waals surface area contributed by atoms with Gasteiger partial charge < -0.3 is 16.2 Å². The van der Waals surface area contributed by atoms with E-state index in [-0.39, 0.29) is 17.9 Å². The summed E-state index contributed by atoms with van der Waals surface area (Å²) in [5, 5.41) is 30.2. The van der Waals surface area contributed by atoms with Crippen LogP contribution < -0.4 is 16.2 Å². The van der Waals surface area contributed by atoms with E-state index in [0.717, 1.165) is 18.5 Å². The van der Waals surface area contributed by atoms with Crippen molar-refractivity contribution in [3.63, 3.8) is 0 Å². The molecule has 1 aromatic carbocycles. The van der Waals surface area contributed by atoms with E-state index < -0.39 is 22.7 Å². The highest BCUT2D eigenvalue weighted by atomic mass is 16.5. The van der Waals surface area contributed by atoms with Crippen LogP contribution in [0.1, 0.15) is 31.7 Å². The Hall–Kier alpha value is -3.80. The molecule has 8 heteroatoms. The van der Waals surface area contributed by atoms with E-state index >= 15 is 0 Å². The molecule has 32 heavy (non-hydrogen) atoms. The third-order valence-electron chi connectivity index (χ3n) is 6.34. The first kappa shape index (κ1) is 22.9. The maximum absolute atomic E-state index is 11.0. The third kappa shape index (κ3) is 3.58. The number of nitriles is 3. The van der Waals surface area contributed by atoms with Crippen LogP contribution in [-0.2, 0) is 4.79 Å². The first-order valence-electron chi connectivity index (χ1n) is 10.4. The molecule has 164 valence electrons. The molecule has 4 N–H and O–H groups in total. The van der Waals surface area contributed by atoms with E-state index in [0.29, 0.717) is 24.4 Å². The summed E-state index contributed by atoms with van der Waals surface area (Å²) < 4.78 is 5.35. The molecule has 2 atom stereocenters. The molecule has 1 amide bonds. The zero-order valence-electron chi connectivity index (χ0n) is 18.3. The van der Waals surface area contributed by atoms with Gasteiger partial charge in [0.1, 0.15) is 5.75 Å². The lowest BCUT2D eigenvalue weighted by Gasteiger charge is -2.52. The molecule has 0 aromatic heterocycles. The maximum Gasteiger partial charge on any atom is 0.255 e. The summed E-state index contributed by atoms with van der Waals surface area (Å²) in [5.74, 6) is -0.550. The second-order valence-corrected chi connectivity index (χ2v) is 8.44. The monoisotopic (exact) mass is 430 g/mol. The van der Waals surface area contributed by atoms with Gasteiger partial charge in [-0.05, 0) is 36.2 Å². The number of primary amides is 1. The largest absolute Gasteiger partial charge is 0.484 e. The number of allylic oxidation sites excluding steroid dienone is 2. The normalized spacial score (nSPS) is 24.3. The zero-order valence-corrected chi connectivity index (χ0v) is 18.3. The molecular weight excluding hydrogens is 404 g/mol. The Kier molecular flexibility index (Phi) is 6.25. The Morgan fingerprint density at radius 3 is 2.44 bits per heavy atom. The van der Waals surface area contributed by atoms with E-state index in [4.69, 9.17) is 16.2 Å². The minimum absolute atomic E-state index is 0.00304. The van der Waals surface area contributed by atoms with Crippen LogP contribution in [0.25, 0.3) is 0 Å². The second kappa shape index (κ2) is 8.75. The van der Waals surface area contributed by atoms with E-state index in [1.54, 1.807) is 12.1 Å². The summed E-state index contributed by atoms with van der Waals surface area (Å²) >= 11 is 0. The van der Waals surface area contributed by atoms with Crippen molar-refractivity contribution in [1.29, 1.82) is 15.8 Å². The van der Waals surface area contributed by atoms with Crippen LogP contribution in [0.4, 0.5) is 0 Å². The van der Waals surface area contributed by atoms with E-state index in [9.17, 15) is 20.6 Å². The fourth-order valence-corrected chi connectivity index (χ4v) is 5.04. The number of amides is 1. The fourth-order valence-electron chi connectivity index (χ4n) is 5.04. The van der Waals surface area contributed by atoms with Crippen molar-refractivity contribution in [3.8, 4) is 24.0 Å². The molecular formula is C24H26N6O2. The number of carbonyl (C=O) groups is 1. The van der Waals surface area contributed by atoms with Crippen LogP contribution >= 0.6 is 0 Å². The second-order valence-electron chi connectivity index (χ2n) is 8.44. The molecule has 1 aliphatic heterocycles. The molecule has 0 fully saturated rings. The average Bonchev–Trinajstić information content (AvgIpc) is 2.78. The minimum Gasteiger partial charge on any atom is -0.484 e. The standard InChI is InChI=1S/C24H26N6O2/c1-3-9-30-10-8-19-23(2,15-30)21(18(11-25)22(29)24(19,13-26)14-27)16-4-6-17(7-5-16)32-12-20(28)31/h4-8,21H,3,9-10,12,15,29H2,1-2H3,(H2,28,31)/t21-,23+/m1/s1. The highest BCUT2D eigenvalue weighted by Gasteiger charge is 2.58. The lowest BCUT2D eigenvalue weighted by Crippen LogP contribution is -2.53. The highest BCUT2D eigenvalue weighted by molar-refractivity contribution is 5.75. The quantitative estimate of drug-likeness (QED) is 0.655. The predicted octanol–water partition coefficient (Wildman–Crippen LogP) is 2.08. The zero-order chi connectivity index (χ0) is 23.5. The summed E-state index contributed by atoms with van der Waals surface area (Å²) in [4.78, 5) is 13.2. The summed E-state index contributed by atoms with van der Waals surface area (Å²) in [6, 6.07) is 13.5. The van der Waals surface area contributed by atoms with Crippen LogP contribution in [0.2, 0.25) is 0 Å².